The minimum Gasteiger partial charge on any atom is -0.508 e. The molecule has 9 heteroatoms. The van der Waals surface area contributed by atoms with Gasteiger partial charge in [-0.25, -0.2) is 17.5 Å². The summed E-state index contributed by atoms with van der Waals surface area (Å²) in [6.07, 6.45) is 1.10. The summed E-state index contributed by atoms with van der Waals surface area (Å²) < 4.78 is 41.1. The van der Waals surface area contributed by atoms with Gasteiger partial charge < -0.3 is 15.1 Å². The number of phenols is 2. The fraction of sp³-hybridized carbons (Fsp3) is 0.345. The zero-order valence-electron chi connectivity index (χ0n) is 21.6. The molecule has 0 amide bonds. The summed E-state index contributed by atoms with van der Waals surface area (Å²) in [4.78, 5) is 16.1. The number of ketones is 1. The summed E-state index contributed by atoms with van der Waals surface area (Å²) in [5.41, 5.74) is 2.07. The molecule has 3 aromatic carbocycles. The fourth-order valence-electron chi connectivity index (χ4n) is 5.71. The van der Waals surface area contributed by atoms with Crippen molar-refractivity contribution in [2.75, 3.05) is 25.9 Å². The number of halogens is 1. The van der Waals surface area contributed by atoms with Crippen LogP contribution < -0.4 is 4.72 Å². The minimum atomic E-state index is -3.44. The SMILES string of the molecule is Cc1c(F)cccc1[C@H]1[C@@H](C(=O)c2cccc(O)c2)CN(CC(C)NS(C)(=O)=O)C[C@@H]1c1ccccc1O. The van der Waals surface area contributed by atoms with Crippen molar-refractivity contribution in [2.45, 2.75) is 31.7 Å². The van der Waals surface area contributed by atoms with Crippen molar-refractivity contribution in [1.29, 1.82) is 0 Å². The first kappa shape index (κ1) is 27.8. The summed E-state index contributed by atoms with van der Waals surface area (Å²) in [6.45, 7) is 4.47. The number of rotatable bonds is 8. The van der Waals surface area contributed by atoms with Crippen LogP contribution in [0, 0.1) is 18.7 Å². The van der Waals surface area contributed by atoms with Gasteiger partial charge in [0.05, 0.1) is 6.26 Å². The van der Waals surface area contributed by atoms with Gasteiger partial charge in [0.1, 0.15) is 17.3 Å². The lowest BCUT2D eigenvalue weighted by Gasteiger charge is -2.45. The third-order valence-electron chi connectivity index (χ3n) is 7.20. The van der Waals surface area contributed by atoms with Crippen molar-refractivity contribution >= 4 is 15.8 Å². The normalized spacial score (nSPS) is 21.2. The van der Waals surface area contributed by atoms with E-state index in [1.54, 1.807) is 50.2 Å². The van der Waals surface area contributed by atoms with Crippen molar-refractivity contribution in [3.63, 3.8) is 0 Å². The first-order chi connectivity index (χ1) is 17.9. The maximum atomic E-state index is 14.8. The van der Waals surface area contributed by atoms with Gasteiger partial charge in [0, 0.05) is 49.0 Å². The Labute approximate surface area is 223 Å². The number of phenolic OH excluding ortho intramolecular Hbond substituents is 2. The van der Waals surface area contributed by atoms with Crippen molar-refractivity contribution in [1.82, 2.24) is 9.62 Å². The van der Waals surface area contributed by atoms with Gasteiger partial charge in [-0.2, -0.15) is 0 Å². The number of hydrogen-bond acceptors (Lipinski definition) is 6. The number of aromatic hydroxyl groups is 2. The van der Waals surface area contributed by atoms with Crippen LogP contribution in [0.1, 0.15) is 45.8 Å². The van der Waals surface area contributed by atoms with E-state index in [0.717, 1.165) is 6.26 Å². The number of para-hydroxylation sites is 1. The standard InChI is InChI=1S/C29H33FN2O5S/c1-18(31-38(3,36)37)15-32-16-24(23-10-4-5-13-27(23)34)28(22-11-7-12-26(30)19(22)2)25(17-32)29(35)20-8-6-9-21(33)14-20/h4-14,18,24-25,28,31,33-34H,15-17H2,1-3H3/t18?,24-,25+,28-/m1/s1. The number of nitrogens with zero attached hydrogens (tertiary/aromatic N) is 1. The Balaban J connectivity index is 1.85. The maximum absolute atomic E-state index is 14.8. The molecule has 202 valence electrons. The number of piperidine rings is 1. The Morgan fingerprint density at radius 1 is 1.05 bits per heavy atom. The van der Waals surface area contributed by atoms with Crippen LogP contribution in [0.15, 0.2) is 66.7 Å². The fourth-order valence-corrected chi connectivity index (χ4v) is 6.51. The molecule has 3 N–H and O–H groups in total. The summed E-state index contributed by atoms with van der Waals surface area (Å²) in [7, 11) is -3.44. The van der Waals surface area contributed by atoms with Crippen LogP contribution in [-0.4, -0.2) is 61.2 Å². The third kappa shape index (κ3) is 6.23. The summed E-state index contributed by atoms with van der Waals surface area (Å²) in [5.74, 6) is -2.11. The molecule has 1 heterocycles. The van der Waals surface area contributed by atoms with E-state index in [0.29, 0.717) is 35.3 Å². The van der Waals surface area contributed by atoms with E-state index < -0.39 is 33.8 Å². The lowest BCUT2D eigenvalue weighted by molar-refractivity contribution is 0.0725. The lowest BCUT2D eigenvalue weighted by atomic mass is 9.67. The van der Waals surface area contributed by atoms with E-state index in [2.05, 4.69) is 4.72 Å². The molecule has 7 nitrogen and oxygen atoms in total. The highest BCUT2D eigenvalue weighted by molar-refractivity contribution is 7.88. The number of sulfonamides is 1. The Bertz CT molecular complexity index is 1430. The molecule has 1 unspecified atom stereocenters. The molecule has 0 aliphatic carbocycles. The van der Waals surface area contributed by atoms with Crippen molar-refractivity contribution in [3.05, 3.63) is 94.8 Å². The second-order valence-corrected chi connectivity index (χ2v) is 12.0. The quantitative estimate of drug-likeness (QED) is 0.371. The summed E-state index contributed by atoms with van der Waals surface area (Å²) in [6, 6.07) is 17.5. The van der Waals surface area contributed by atoms with Gasteiger partial charge in [0.15, 0.2) is 5.78 Å². The Morgan fingerprint density at radius 3 is 2.42 bits per heavy atom. The number of Topliss-reactive ketones (excluding diaryl/α,β-unsaturated/α-hetero) is 1. The smallest absolute Gasteiger partial charge is 0.208 e. The molecule has 4 rings (SSSR count). The summed E-state index contributed by atoms with van der Waals surface area (Å²) >= 11 is 0. The Morgan fingerprint density at radius 2 is 1.74 bits per heavy atom. The van der Waals surface area contributed by atoms with E-state index in [4.69, 9.17) is 0 Å². The van der Waals surface area contributed by atoms with Gasteiger partial charge in [0.25, 0.3) is 0 Å². The molecule has 4 atom stereocenters. The van der Waals surface area contributed by atoms with Crippen LogP contribution in [0.2, 0.25) is 0 Å². The largest absolute Gasteiger partial charge is 0.508 e. The predicted octanol–water partition coefficient (Wildman–Crippen LogP) is 4.17. The number of carbonyl (C=O) groups is 1. The molecule has 1 fully saturated rings. The first-order valence-electron chi connectivity index (χ1n) is 12.5. The lowest BCUT2D eigenvalue weighted by Crippen LogP contribution is -2.51. The molecule has 0 saturated carbocycles. The molecule has 3 aromatic rings. The molecular formula is C29H33FN2O5S. The van der Waals surface area contributed by atoms with Gasteiger partial charge in [-0.3, -0.25) is 4.79 Å². The number of carbonyl (C=O) groups excluding carboxylic acids is 1. The molecule has 0 spiro atoms. The molecule has 1 aliphatic rings. The van der Waals surface area contributed by atoms with Crippen LogP contribution in [0.25, 0.3) is 0 Å². The number of benzene rings is 3. The number of nitrogens with one attached hydrogen (secondary N) is 1. The average Bonchev–Trinajstić information content (AvgIpc) is 2.84. The highest BCUT2D eigenvalue weighted by Gasteiger charge is 2.44. The van der Waals surface area contributed by atoms with Crippen molar-refractivity contribution < 1.29 is 27.8 Å². The van der Waals surface area contributed by atoms with Gasteiger partial charge in [0.2, 0.25) is 10.0 Å². The second kappa shape index (κ2) is 11.2. The summed E-state index contributed by atoms with van der Waals surface area (Å²) in [5, 5.41) is 20.9. The van der Waals surface area contributed by atoms with Crippen LogP contribution in [0.4, 0.5) is 4.39 Å². The second-order valence-electron chi connectivity index (χ2n) is 10.2. The monoisotopic (exact) mass is 540 g/mol. The van der Waals surface area contributed by atoms with Gasteiger partial charge in [-0.05, 0) is 54.8 Å². The van der Waals surface area contributed by atoms with Gasteiger partial charge in [-0.15, -0.1) is 0 Å². The average molecular weight is 541 g/mol. The Kier molecular flexibility index (Phi) is 8.20. The molecule has 38 heavy (non-hydrogen) atoms. The Hall–Kier alpha value is -3.27. The third-order valence-corrected chi connectivity index (χ3v) is 8.03. The van der Waals surface area contributed by atoms with E-state index in [1.807, 2.05) is 17.0 Å². The van der Waals surface area contributed by atoms with Crippen LogP contribution >= 0.6 is 0 Å². The highest BCUT2D eigenvalue weighted by atomic mass is 32.2. The molecule has 0 bridgehead atoms. The number of likely N-dealkylation sites (tertiary alicyclic amines) is 1. The molecule has 0 aromatic heterocycles. The zero-order chi connectivity index (χ0) is 27.6. The maximum Gasteiger partial charge on any atom is 0.208 e. The van der Waals surface area contributed by atoms with Crippen molar-refractivity contribution in [2.24, 2.45) is 5.92 Å². The topological polar surface area (TPSA) is 107 Å². The van der Waals surface area contributed by atoms with E-state index >= 15 is 0 Å². The van der Waals surface area contributed by atoms with E-state index in [-0.39, 0.29) is 29.6 Å². The van der Waals surface area contributed by atoms with Gasteiger partial charge >= 0.3 is 0 Å². The predicted molar refractivity (Wildman–Crippen MR) is 145 cm³/mol. The van der Waals surface area contributed by atoms with Crippen LogP contribution in [0.3, 0.4) is 0 Å². The molecule has 1 saturated heterocycles. The van der Waals surface area contributed by atoms with Crippen LogP contribution in [0.5, 0.6) is 11.5 Å². The molecular weight excluding hydrogens is 507 g/mol. The number of hydrogen-bond donors (Lipinski definition) is 3. The minimum absolute atomic E-state index is 0.0368. The van der Waals surface area contributed by atoms with E-state index in [9.17, 15) is 27.8 Å². The van der Waals surface area contributed by atoms with Crippen LogP contribution in [-0.2, 0) is 10.0 Å². The molecule has 0 radical (unpaired) electrons. The molecule has 1 aliphatic heterocycles. The van der Waals surface area contributed by atoms with Gasteiger partial charge in [-0.1, -0.05) is 42.5 Å². The highest BCUT2D eigenvalue weighted by Crippen LogP contribution is 2.47. The van der Waals surface area contributed by atoms with Crippen molar-refractivity contribution in [3.8, 4) is 11.5 Å². The first-order valence-corrected chi connectivity index (χ1v) is 14.4. The van der Waals surface area contributed by atoms with E-state index in [1.165, 1.54) is 18.2 Å². The zero-order valence-corrected chi connectivity index (χ0v) is 22.5.